The molecule has 1 amide bonds. The molecule has 1 aliphatic carbocycles. The summed E-state index contributed by atoms with van der Waals surface area (Å²) in [6.07, 6.45) is 3.53. The number of aromatic nitrogens is 3. The highest BCUT2D eigenvalue weighted by molar-refractivity contribution is 7.99. The second kappa shape index (κ2) is 5.50. The number of rotatable bonds is 6. The largest absolute Gasteiger partial charge is 0.392 e. The number of aliphatic hydroxyl groups is 1. The van der Waals surface area contributed by atoms with E-state index in [0.717, 1.165) is 5.16 Å². The summed E-state index contributed by atoms with van der Waals surface area (Å²) in [6, 6.07) is 0.521. The average Bonchev–Trinajstić information content (AvgIpc) is 3.03. The lowest BCUT2D eigenvalue weighted by Gasteiger charge is -2.07. The van der Waals surface area contributed by atoms with E-state index in [-0.39, 0.29) is 12.5 Å². The highest BCUT2D eigenvalue weighted by Crippen LogP contribution is 2.37. The summed E-state index contributed by atoms with van der Waals surface area (Å²) in [5, 5.41) is 20.3. The van der Waals surface area contributed by atoms with Gasteiger partial charge in [0.2, 0.25) is 5.91 Å². The van der Waals surface area contributed by atoms with E-state index in [2.05, 4.69) is 15.5 Å². The predicted molar refractivity (Wildman–Crippen MR) is 63.7 cm³/mol. The fraction of sp³-hybridized carbons (Fsp3) is 0.700. The first kappa shape index (κ1) is 12.4. The van der Waals surface area contributed by atoms with Gasteiger partial charge in [0, 0.05) is 12.6 Å². The Kier molecular flexibility index (Phi) is 4.01. The van der Waals surface area contributed by atoms with E-state index < -0.39 is 6.10 Å². The van der Waals surface area contributed by atoms with Gasteiger partial charge in [-0.05, 0) is 19.8 Å². The molecule has 1 heterocycles. The molecule has 0 spiro atoms. The van der Waals surface area contributed by atoms with Gasteiger partial charge in [0.25, 0.3) is 0 Å². The lowest BCUT2D eigenvalue weighted by Crippen LogP contribution is -2.31. The molecule has 6 nitrogen and oxygen atoms in total. The van der Waals surface area contributed by atoms with Crippen LogP contribution in [-0.4, -0.2) is 44.2 Å². The van der Waals surface area contributed by atoms with Crippen LogP contribution in [0.3, 0.4) is 0 Å². The minimum absolute atomic E-state index is 0.0961. The molecule has 94 valence electrons. The zero-order chi connectivity index (χ0) is 12.3. The van der Waals surface area contributed by atoms with Crippen molar-refractivity contribution in [2.75, 3.05) is 12.3 Å². The molecule has 2 rings (SSSR count). The van der Waals surface area contributed by atoms with Crippen LogP contribution in [0, 0.1) is 0 Å². The predicted octanol–water partition coefficient (Wildman–Crippen LogP) is 0.202. The highest BCUT2D eigenvalue weighted by atomic mass is 32.2. The third-order valence-electron chi connectivity index (χ3n) is 2.41. The first-order chi connectivity index (χ1) is 8.16. The topological polar surface area (TPSA) is 80.0 Å². The number of hydrogen-bond acceptors (Lipinski definition) is 5. The number of nitrogens with one attached hydrogen (secondary N) is 1. The molecule has 0 aromatic carbocycles. The Morgan fingerprint density at radius 3 is 3.18 bits per heavy atom. The van der Waals surface area contributed by atoms with Crippen LogP contribution in [0.25, 0.3) is 0 Å². The summed E-state index contributed by atoms with van der Waals surface area (Å²) in [7, 11) is 0. The Balaban J connectivity index is 1.77. The third-order valence-corrected chi connectivity index (χ3v) is 3.36. The fourth-order valence-electron chi connectivity index (χ4n) is 1.38. The smallest absolute Gasteiger partial charge is 0.230 e. The molecule has 1 atom stereocenters. The van der Waals surface area contributed by atoms with E-state index in [0.29, 0.717) is 11.8 Å². The van der Waals surface area contributed by atoms with Crippen molar-refractivity contribution in [3.63, 3.8) is 0 Å². The van der Waals surface area contributed by atoms with Crippen LogP contribution in [0.4, 0.5) is 0 Å². The molecule has 0 bridgehead atoms. The lowest BCUT2D eigenvalue weighted by molar-refractivity contribution is -0.118. The summed E-state index contributed by atoms with van der Waals surface area (Å²) >= 11 is 1.38. The maximum absolute atomic E-state index is 11.4. The highest BCUT2D eigenvalue weighted by Gasteiger charge is 2.26. The van der Waals surface area contributed by atoms with Gasteiger partial charge in [-0.1, -0.05) is 11.8 Å². The van der Waals surface area contributed by atoms with Gasteiger partial charge in [-0.25, -0.2) is 0 Å². The summed E-state index contributed by atoms with van der Waals surface area (Å²) in [5.74, 6) is 0.208. The van der Waals surface area contributed by atoms with E-state index in [1.807, 2.05) is 4.57 Å². The zero-order valence-electron chi connectivity index (χ0n) is 9.67. The number of carbonyl (C=O) groups excluding carboxylic acids is 1. The molecule has 1 fully saturated rings. The van der Waals surface area contributed by atoms with Crippen LogP contribution < -0.4 is 5.32 Å². The van der Waals surface area contributed by atoms with Crippen molar-refractivity contribution < 1.29 is 9.90 Å². The molecule has 1 saturated carbocycles. The molecule has 0 unspecified atom stereocenters. The number of nitrogens with zero attached hydrogens (tertiary/aromatic N) is 3. The van der Waals surface area contributed by atoms with Crippen molar-refractivity contribution in [2.45, 2.75) is 37.1 Å². The van der Waals surface area contributed by atoms with Crippen molar-refractivity contribution in [1.82, 2.24) is 20.1 Å². The van der Waals surface area contributed by atoms with Crippen molar-refractivity contribution >= 4 is 17.7 Å². The van der Waals surface area contributed by atoms with Crippen LogP contribution in [0.1, 0.15) is 25.8 Å². The molecule has 2 N–H and O–H groups in total. The van der Waals surface area contributed by atoms with Gasteiger partial charge < -0.3 is 15.0 Å². The zero-order valence-corrected chi connectivity index (χ0v) is 10.5. The molecule has 1 aromatic rings. The first-order valence-electron chi connectivity index (χ1n) is 5.64. The minimum Gasteiger partial charge on any atom is -0.392 e. The van der Waals surface area contributed by atoms with Crippen molar-refractivity contribution in [2.24, 2.45) is 0 Å². The van der Waals surface area contributed by atoms with Crippen LogP contribution in [0.15, 0.2) is 11.5 Å². The van der Waals surface area contributed by atoms with Gasteiger partial charge in [-0.15, -0.1) is 10.2 Å². The molecule has 0 radical (unpaired) electrons. The lowest BCUT2D eigenvalue weighted by atomic mass is 10.4. The van der Waals surface area contributed by atoms with Gasteiger partial charge in [-0.3, -0.25) is 4.79 Å². The average molecular weight is 256 g/mol. The SMILES string of the molecule is C[C@@H](O)CNC(=O)CSc1nncn1C1CC1. The van der Waals surface area contributed by atoms with Crippen molar-refractivity contribution in [3.8, 4) is 0 Å². The molecule has 1 aliphatic rings. The Morgan fingerprint density at radius 1 is 1.76 bits per heavy atom. The monoisotopic (exact) mass is 256 g/mol. The maximum atomic E-state index is 11.4. The van der Waals surface area contributed by atoms with E-state index in [1.165, 1.54) is 24.6 Å². The fourth-order valence-corrected chi connectivity index (χ4v) is 2.19. The van der Waals surface area contributed by atoms with Gasteiger partial charge >= 0.3 is 0 Å². The second-order valence-electron chi connectivity index (χ2n) is 4.19. The number of hydrogen-bond donors (Lipinski definition) is 2. The number of aliphatic hydroxyl groups excluding tert-OH is 1. The van der Waals surface area contributed by atoms with Crippen molar-refractivity contribution in [3.05, 3.63) is 6.33 Å². The van der Waals surface area contributed by atoms with E-state index >= 15 is 0 Å². The Morgan fingerprint density at radius 2 is 2.53 bits per heavy atom. The molecular weight excluding hydrogens is 240 g/mol. The molecule has 1 aromatic heterocycles. The first-order valence-corrected chi connectivity index (χ1v) is 6.62. The van der Waals surface area contributed by atoms with Gasteiger partial charge in [0.05, 0.1) is 11.9 Å². The van der Waals surface area contributed by atoms with Gasteiger partial charge in [0.15, 0.2) is 5.16 Å². The van der Waals surface area contributed by atoms with Crippen LogP contribution in [-0.2, 0) is 4.79 Å². The second-order valence-corrected chi connectivity index (χ2v) is 5.14. The van der Waals surface area contributed by atoms with Gasteiger partial charge in [0.1, 0.15) is 6.33 Å². The molecule has 0 saturated heterocycles. The quantitative estimate of drug-likeness (QED) is 0.711. The normalized spacial score (nSPS) is 16.8. The van der Waals surface area contributed by atoms with E-state index in [4.69, 9.17) is 5.11 Å². The summed E-state index contributed by atoms with van der Waals surface area (Å²) in [5.41, 5.74) is 0. The number of carbonyl (C=O) groups is 1. The van der Waals surface area contributed by atoms with Gasteiger partial charge in [-0.2, -0.15) is 0 Å². The Bertz CT molecular complexity index is 389. The summed E-state index contributed by atoms with van der Waals surface area (Å²) < 4.78 is 2.02. The molecule has 17 heavy (non-hydrogen) atoms. The van der Waals surface area contributed by atoms with Crippen LogP contribution in [0.5, 0.6) is 0 Å². The maximum Gasteiger partial charge on any atom is 0.230 e. The molecule has 7 heteroatoms. The minimum atomic E-state index is -0.515. The van der Waals surface area contributed by atoms with Crippen molar-refractivity contribution in [1.29, 1.82) is 0 Å². The van der Waals surface area contributed by atoms with Crippen LogP contribution >= 0.6 is 11.8 Å². The standard InChI is InChI=1S/C10H16N4O2S/c1-7(15)4-11-9(16)5-17-10-13-12-6-14(10)8-2-3-8/h6-8,15H,2-5H2,1H3,(H,11,16)/t7-/m1/s1. The van der Waals surface area contributed by atoms with Crippen LogP contribution in [0.2, 0.25) is 0 Å². The third kappa shape index (κ3) is 3.71. The summed E-state index contributed by atoms with van der Waals surface area (Å²) in [4.78, 5) is 11.4. The Hall–Kier alpha value is -1.08. The number of thioether (sulfide) groups is 1. The summed E-state index contributed by atoms with van der Waals surface area (Å²) in [6.45, 7) is 1.92. The van der Waals surface area contributed by atoms with E-state index in [1.54, 1.807) is 13.3 Å². The molecule has 0 aliphatic heterocycles. The Labute approximate surface area is 104 Å². The van der Waals surface area contributed by atoms with E-state index in [9.17, 15) is 4.79 Å². The number of amides is 1. The molecular formula is C10H16N4O2S.